The Hall–Kier alpha value is -1.09. The van der Waals surface area contributed by atoms with Crippen molar-refractivity contribution in [2.75, 3.05) is 38.1 Å². The molecule has 0 aliphatic heterocycles. The molecule has 0 bridgehead atoms. The Balaban J connectivity index is 2.48. The molecule has 0 aromatic carbocycles. The van der Waals surface area contributed by atoms with E-state index in [0.29, 0.717) is 0 Å². The highest BCUT2D eigenvalue weighted by atomic mass is 15.2. The highest BCUT2D eigenvalue weighted by Gasteiger charge is 2.04. The molecule has 1 heterocycles. The molecule has 1 aromatic rings. The van der Waals surface area contributed by atoms with Gasteiger partial charge in [-0.3, -0.25) is 0 Å². The second-order valence-corrected chi connectivity index (χ2v) is 4.33. The minimum Gasteiger partial charge on any atom is -0.358 e. The summed E-state index contributed by atoms with van der Waals surface area (Å²) in [5, 5.41) is 0. The Labute approximate surface area is 105 Å². The van der Waals surface area contributed by atoms with E-state index in [1.54, 1.807) is 0 Å². The highest BCUT2D eigenvalue weighted by molar-refractivity contribution is 5.38. The molecule has 0 saturated carbocycles. The molecule has 0 atom stereocenters. The van der Waals surface area contributed by atoms with Crippen molar-refractivity contribution in [3.8, 4) is 0 Å². The molecule has 0 radical (unpaired) electrons. The van der Waals surface area contributed by atoms with Crippen LogP contribution in [0.15, 0.2) is 18.3 Å². The third kappa shape index (κ3) is 4.35. The summed E-state index contributed by atoms with van der Waals surface area (Å²) in [5.41, 5.74) is 1.30. The van der Waals surface area contributed by atoms with Crippen molar-refractivity contribution in [3.05, 3.63) is 23.9 Å². The lowest BCUT2D eigenvalue weighted by molar-refractivity contribution is 0.311. The predicted molar refractivity (Wildman–Crippen MR) is 74.7 cm³/mol. The van der Waals surface area contributed by atoms with Gasteiger partial charge in [-0.05, 0) is 31.1 Å². The molecule has 96 valence electrons. The van der Waals surface area contributed by atoms with Gasteiger partial charge in [0.2, 0.25) is 0 Å². The molecule has 0 unspecified atom stereocenters. The third-order valence-electron chi connectivity index (χ3n) is 3.25. The van der Waals surface area contributed by atoms with Gasteiger partial charge < -0.3 is 9.80 Å². The molecule has 17 heavy (non-hydrogen) atoms. The van der Waals surface area contributed by atoms with Crippen molar-refractivity contribution in [2.45, 2.75) is 27.2 Å². The average Bonchev–Trinajstić information content (AvgIpc) is 2.39. The molecule has 3 heteroatoms. The van der Waals surface area contributed by atoms with Gasteiger partial charge in [0.25, 0.3) is 0 Å². The van der Waals surface area contributed by atoms with Gasteiger partial charge in [0.05, 0.1) is 0 Å². The first-order valence-electron chi connectivity index (χ1n) is 6.59. The standard InChI is InChI=1S/C14H25N3/c1-5-13-8-9-14(15-12-13)16(4)10-11-17(6-2)7-3/h8-9,12H,5-7,10-11H2,1-4H3. The number of anilines is 1. The van der Waals surface area contributed by atoms with Gasteiger partial charge in [-0.25, -0.2) is 4.98 Å². The maximum atomic E-state index is 4.49. The van der Waals surface area contributed by atoms with Gasteiger partial charge in [0.1, 0.15) is 5.82 Å². The monoisotopic (exact) mass is 235 g/mol. The van der Waals surface area contributed by atoms with E-state index >= 15 is 0 Å². The van der Waals surface area contributed by atoms with E-state index < -0.39 is 0 Å². The van der Waals surface area contributed by atoms with Crippen LogP contribution in [0.1, 0.15) is 26.3 Å². The van der Waals surface area contributed by atoms with Gasteiger partial charge in [-0.2, -0.15) is 0 Å². The first-order valence-corrected chi connectivity index (χ1v) is 6.59. The Morgan fingerprint density at radius 2 is 1.76 bits per heavy atom. The van der Waals surface area contributed by atoms with Crippen LogP contribution in [0.5, 0.6) is 0 Å². The van der Waals surface area contributed by atoms with Crippen molar-refractivity contribution in [2.24, 2.45) is 0 Å². The Morgan fingerprint density at radius 3 is 2.24 bits per heavy atom. The van der Waals surface area contributed by atoms with Crippen LogP contribution in [0.3, 0.4) is 0 Å². The summed E-state index contributed by atoms with van der Waals surface area (Å²) >= 11 is 0. The number of aryl methyl sites for hydroxylation is 1. The zero-order chi connectivity index (χ0) is 12.7. The van der Waals surface area contributed by atoms with Crippen molar-refractivity contribution in [1.82, 2.24) is 9.88 Å². The SMILES string of the molecule is CCc1ccc(N(C)CCN(CC)CC)nc1. The molecular formula is C14H25N3. The lowest BCUT2D eigenvalue weighted by Gasteiger charge is -2.23. The molecule has 1 aromatic heterocycles. The van der Waals surface area contributed by atoms with E-state index in [2.05, 4.69) is 54.7 Å². The maximum Gasteiger partial charge on any atom is 0.128 e. The number of likely N-dealkylation sites (N-methyl/N-ethyl adjacent to an activating group) is 2. The average molecular weight is 235 g/mol. The van der Waals surface area contributed by atoms with Crippen LogP contribution in [-0.2, 0) is 6.42 Å². The summed E-state index contributed by atoms with van der Waals surface area (Å²) in [6.07, 6.45) is 3.03. The molecule has 0 aliphatic rings. The van der Waals surface area contributed by atoms with Gasteiger partial charge in [0.15, 0.2) is 0 Å². The zero-order valence-electron chi connectivity index (χ0n) is 11.6. The van der Waals surface area contributed by atoms with Crippen LogP contribution < -0.4 is 4.90 Å². The molecule has 1 rings (SSSR count). The van der Waals surface area contributed by atoms with Gasteiger partial charge >= 0.3 is 0 Å². The maximum absolute atomic E-state index is 4.49. The first kappa shape index (κ1) is 14.0. The zero-order valence-corrected chi connectivity index (χ0v) is 11.6. The number of nitrogens with zero attached hydrogens (tertiary/aromatic N) is 3. The summed E-state index contributed by atoms with van der Waals surface area (Å²) < 4.78 is 0. The van der Waals surface area contributed by atoms with E-state index in [-0.39, 0.29) is 0 Å². The number of rotatable bonds is 7. The van der Waals surface area contributed by atoms with E-state index in [9.17, 15) is 0 Å². The van der Waals surface area contributed by atoms with Gasteiger partial charge in [-0.1, -0.05) is 26.8 Å². The molecule has 0 amide bonds. The van der Waals surface area contributed by atoms with Crippen molar-refractivity contribution >= 4 is 5.82 Å². The number of hydrogen-bond acceptors (Lipinski definition) is 3. The van der Waals surface area contributed by atoms with E-state index in [1.165, 1.54) is 5.56 Å². The third-order valence-corrected chi connectivity index (χ3v) is 3.25. The molecule has 0 fully saturated rings. The van der Waals surface area contributed by atoms with Crippen LogP contribution in [0.25, 0.3) is 0 Å². The molecule has 0 saturated heterocycles. The smallest absolute Gasteiger partial charge is 0.128 e. The quantitative estimate of drug-likeness (QED) is 0.723. The first-order chi connectivity index (χ1) is 8.21. The fourth-order valence-corrected chi connectivity index (χ4v) is 1.80. The summed E-state index contributed by atoms with van der Waals surface area (Å²) in [6, 6.07) is 4.28. The Bertz CT molecular complexity index is 304. The minimum atomic E-state index is 1.03. The highest BCUT2D eigenvalue weighted by Crippen LogP contribution is 2.09. The molecular weight excluding hydrogens is 210 g/mol. The lowest BCUT2D eigenvalue weighted by atomic mass is 10.2. The van der Waals surface area contributed by atoms with E-state index in [0.717, 1.165) is 38.4 Å². The molecule has 0 N–H and O–H groups in total. The fraction of sp³-hybridized carbons (Fsp3) is 0.643. The summed E-state index contributed by atoms with van der Waals surface area (Å²) in [4.78, 5) is 9.13. The molecule has 0 spiro atoms. The number of pyridine rings is 1. The van der Waals surface area contributed by atoms with Crippen LogP contribution in [0.4, 0.5) is 5.82 Å². The van der Waals surface area contributed by atoms with Crippen LogP contribution in [0, 0.1) is 0 Å². The van der Waals surface area contributed by atoms with Gasteiger partial charge in [0, 0.05) is 26.3 Å². The van der Waals surface area contributed by atoms with Crippen LogP contribution >= 0.6 is 0 Å². The number of aromatic nitrogens is 1. The summed E-state index contributed by atoms with van der Waals surface area (Å²) in [7, 11) is 2.11. The Morgan fingerprint density at radius 1 is 1.06 bits per heavy atom. The fourth-order valence-electron chi connectivity index (χ4n) is 1.80. The van der Waals surface area contributed by atoms with Crippen LogP contribution in [0.2, 0.25) is 0 Å². The van der Waals surface area contributed by atoms with Crippen molar-refractivity contribution < 1.29 is 0 Å². The van der Waals surface area contributed by atoms with Crippen molar-refractivity contribution in [3.63, 3.8) is 0 Å². The van der Waals surface area contributed by atoms with Crippen molar-refractivity contribution in [1.29, 1.82) is 0 Å². The minimum absolute atomic E-state index is 1.03. The van der Waals surface area contributed by atoms with Crippen LogP contribution in [-0.4, -0.2) is 43.1 Å². The second kappa shape index (κ2) is 7.28. The summed E-state index contributed by atoms with van der Waals surface area (Å²) in [5.74, 6) is 1.06. The van der Waals surface area contributed by atoms with E-state index in [1.807, 2.05) is 6.20 Å². The normalized spacial score (nSPS) is 10.9. The second-order valence-electron chi connectivity index (χ2n) is 4.33. The molecule has 3 nitrogen and oxygen atoms in total. The summed E-state index contributed by atoms with van der Waals surface area (Å²) in [6.45, 7) is 10.9. The van der Waals surface area contributed by atoms with Gasteiger partial charge in [-0.15, -0.1) is 0 Å². The lowest BCUT2D eigenvalue weighted by Crippen LogP contribution is -2.33. The Kier molecular flexibility index (Phi) is 5.98. The largest absolute Gasteiger partial charge is 0.358 e. The number of hydrogen-bond donors (Lipinski definition) is 0. The topological polar surface area (TPSA) is 19.4 Å². The predicted octanol–water partition coefficient (Wildman–Crippen LogP) is 2.42. The molecule has 0 aliphatic carbocycles. The van der Waals surface area contributed by atoms with E-state index in [4.69, 9.17) is 0 Å².